The second-order valence-corrected chi connectivity index (χ2v) is 4.85. The topological polar surface area (TPSA) is 81.7 Å². The Bertz CT molecular complexity index is 528. The molecule has 19 heavy (non-hydrogen) atoms. The molecule has 0 aromatic carbocycles. The molecule has 0 bridgehead atoms. The molecular formula is C12H18N6O. The highest BCUT2D eigenvalue weighted by atomic mass is 16.5. The van der Waals surface area contributed by atoms with E-state index in [0.29, 0.717) is 17.6 Å². The lowest BCUT2D eigenvalue weighted by Gasteiger charge is -2.22. The van der Waals surface area contributed by atoms with Gasteiger partial charge >= 0.3 is 0 Å². The summed E-state index contributed by atoms with van der Waals surface area (Å²) in [7, 11) is 0. The number of nitrogens with zero attached hydrogens (tertiary/aromatic N) is 5. The summed E-state index contributed by atoms with van der Waals surface area (Å²) in [5, 5.41) is 15.6. The highest BCUT2D eigenvalue weighted by Crippen LogP contribution is 2.19. The van der Waals surface area contributed by atoms with Crippen LogP contribution in [0.1, 0.15) is 38.1 Å². The molecule has 2 aromatic heterocycles. The number of rotatable bonds is 4. The maximum atomic E-state index is 5.21. The number of hydrogen-bond acceptors (Lipinski definition) is 6. The van der Waals surface area contributed by atoms with Crippen LogP contribution >= 0.6 is 0 Å². The van der Waals surface area contributed by atoms with Gasteiger partial charge in [0.2, 0.25) is 0 Å². The Kier molecular flexibility index (Phi) is 3.54. The largest absolute Gasteiger partial charge is 0.332 e. The zero-order valence-electron chi connectivity index (χ0n) is 11.0. The van der Waals surface area contributed by atoms with Gasteiger partial charge in [0.1, 0.15) is 0 Å². The highest BCUT2D eigenvalue weighted by molar-refractivity contribution is 5.43. The van der Waals surface area contributed by atoms with Crippen LogP contribution < -0.4 is 5.32 Å². The third-order valence-electron chi connectivity index (χ3n) is 3.32. The summed E-state index contributed by atoms with van der Waals surface area (Å²) in [6.07, 6.45) is 6.01. The second-order valence-electron chi connectivity index (χ2n) is 4.85. The predicted molar refractivity (Wildman–Crippen MR) is 68.4 cm³/mol. The molecule has 1 aliphatic heterocycles. The van der Waals surface area contributed by atoms with Gasteiger partial charge in [-0.2, -0.15) is 4.98 Å². The molecule has 7 nitrogen and oxygen atoms in total. The van der Waals surface area contributed by atoms with E-state index < -0.39 is 0 Å². The van der Waals surface area contributed by atoms with Crippen LogP contribution in [0.4, 0.5) is 0 Å². The first-order chi connectivity index (χ1) is 9.36. The average Bonchev–Trinajstić information content (AvgIpc) is 3.08. The zero-order valence-corrected chi connectivity index (χ0v) is 11.0. The third kappa shape index (κ3) is 2.65. The minimum absolute atomic E-state index is 0.369. The van der Waals surface area contributed by atoms with Crippen LogP contribution in [0.3, 0.4) is 0 Å². The van der Waals surface area contributed by atoms with Crippen LogP contribution in [-0.2, 0) is 6.42 Å². The molecule has 0 saturated carbocycles. The molecule has 3 heterocycles. The Hall–Kier alpha value is -1.76. The highest BCUT2D eigenvalue weighted by Gasteiger charge is 2.18. The van der Waals surface area contributed by atoms with Gasteiger partial charge in [-0.05, 0) is 25.8 Å². The third-order valence-corrected chi connectivity index (χ3v) is 3.32. The van der Waals surface area contributed by atoms with E-state index in [0.717, 1.165) is 38.2 Å². The van der Waals surface area contributed by atoms with Crippen molar-refractivity contribution in [1.29, 1.82) is 0 Å². The van der Waals surface area contributed by atoms with Gasteiger partial charge in [-0.15, -0.1) is 5.10 Å². The lowest BCUT2D eigenvalue weighted by molar-refractivity contribution is 0.341. The molecule has 1 unspecified atom stereocenters. The van der Waals surface area contributed by atoms with E-state index in [-0.39, 0.29) is 0 Å². The van der Waals surface area contributed by atoms with E-state index in [1.165, 1.54) is 6.42 Å². The Morgan fingerprint density at radius 3 is 3.26 bits per heavy atom. The predicted octanol–water partition coefficient (Wildman–Crippen LogP) is 1.21. The van der Waals surface area contributed by atoms with Gasteiger partial charge in [0, 0.05) is 13.0 Å². The maximum Gasteiger partial charge on any atom is 0.280 e. The number of aromatic nitrogens is 5. The normalized spacial score (nSPS) is 19.7. The molecule has 1 fully saturated rings. The van der Waals surface area contributed by atoms with E-state index >= 15 is 0 Å². The van der Waals surface area contributed by atoms with Crippen LogP contribution in [0, 0.1) is 0 Å². The van der Waals surface area contributed by atoms with Gasteiger partial charge in [0.05, 0.1) is 12.2 Å². The summed E-state index contributed by atoms with van der Waals surface area (Å²) in [5.74, 6) is 1.19. The van der Waals surface area contributed by atoms with Crippen molar-refractivity contribution >= 4 is 0 Å². The first-order valence-electron chi connectivity index (χ1n) is 6.82. The number of nitrogens with one attached hydrogen (secondary N) is 1. The molecule has 1 N–H and O–H groups in total. The van der Waals surface area contributed by atoms with E-state index in [1.54, 1.807) is 0 Å². The van der Waals surface area contributed by atoms with Gasteiger partial charge < -0.3 is 9.84 Å². The van der Waals surface area contributed by atoms with Crippen LogP contribution in [0.15, 0.2) is 10.7 Å². The molecule has 0 radical (unpaired) electrons. The van der Waals surface area contributed by atoms with Crippen LogP contribution in [0.25, 0.3) is 11.6 Å². The number of aryl methyl sites for hydroxylation is 1. The van der Waals surface area contributed by atoms with Crippen LogP contribution in [0.2, 0.25) is 0 Å². The molecule has 0 amide bonds. The number of hydrogen-bond donors (Lipinski definition) is 1. The zero-order chi connectivity index (χ0) is 13.1. The first-order valence-corrected chi connectivity index (χ1v) is 6.82. The minimum atomic E-state index is 0.369. The molecule has 7 heteroatoms. The molecular weight excluding hydrogens is 244 g/mol. The van der Waals surface area contributed by atoms with Gasteiger partial charge in [0.25, 0.3) is 5.89 Å². The first kappa shape index (κ1) is 12.3. The summed E-state index contributed by atoms with van der Waals surface area (Å²) < 4.78 is 7.11. The standard InChI is InChI=1S/C12H18N6O/c1-2-4-11-14-12(19-16-11)10-8-18(17-15-10)9-5-3-6-13-7-9/h8-9,13H,2-7H2,1H3. The summed E-state index contributed by atoms with van der Waals surface area (Å²) in [4.78, 5) is 4.32. The average molecular weight is 262 g/mol. The molecule has 2 aromatic rings. The van der Waals surface area contributed by atoms with E-state index in [4.69, 9.17) is 4.52 Å². The molecule has 3 rings (SSSR count). The Morgan fingerprint density at radius 1 is 1.53 bits per heavy atom. The fourth-order valence-corrected chi connectivity index (χ4v) is 2.30. The second kappa shape index (κ2) is 5.48. The quantitative estimate of drug-likeness (QED) is 0.891. The minimum Gasteiger partial charge on any atom is -0.332 e. The molecule has 0 aliphatic carbocycles. The van der Waals surface area contributed by atoms with Crippen molar-refractivity contribution in [2.24, 2.45) is 0 Å². The molecule has 0 spiro atoms. The monoisotopic (exact) mass is 262 g/mol. The van der Waals surface area contributed by atoms with Gasteiger partial charge in [-0.1, -0.05) is 17.3 Å². The molecule has 1 saturated heterocycles. The maximum absolute atomic E-state index is 5.21. The summed E-state index contributed by atoms with van der Waals surface area (Å²) >= 11 is 0. The van der Waals surface area contributed by atoms with E-state index in [2.05, 4.69) is 32.7 Å². The van der Waals surface area contributed by atoms with E-state index in [1.807, 2.05) is 10.9 Å². The molecule has 1 aliphatic rings. The van der Waals surface area contributed by atoms with Crippen molar-refractivity contribution < 1.29 is 4.52 Å². The van der Waals surface area contributed by atoms with Crippen LogP contribution in [-0.4, -0.2) is 38.2 Å². The molecule has 1 atom stereocenters. The Morgan fingerprint density at radius 2 is 2.47 bits per heavy atom. The summed E-state index contributed by atoms with van der Waals surface area (Å²) in [6, 6.07) is 0.369. The van der Waals surface area contributed by atoms with Crippen molar-refractivity contribution in [3.8, 4) is 11.6 Å². The van der Waals surface area contributed by atoms with Crippen molar-refractivity contribution in [1.82, 2.24) is 30.5 Å². The van der Waals surface area contributed by atoms with Crippen LogP contribution in [0.5, 0.6) is 0 Å². The van der Waals surface area contributed by atoms with Crippen molar-refractivity contribution in [3.05, 3.63) is 12.0 Å². The Labute approximate surface area is 111 Å². The van der Waals surface area contributed by atoms with Crippen molar-refractivity contribution in [2.45, 2.75) is 38.6 Å². The van der Waals surface area contributed by atoms with E-state index in [9.17, 15) is 0 Å². The fourth-order valence-electron chi connectivity index (χ4n) is 2.30. The SMILES string of the molecule is CCCc1noc(-c2cn(C3CCCNC3)nn2)n1. The molecule has 102 valence electrons. The lowest BCUT2D eigenvalue weighted by atomic mass is 10.1. The summed E-state index contributed by atoms with van der Waals surface area (Å²) in [6.45, 7) is 4.11. The summed E-state index contributed by atoms with van der Waals surface area (Å²) in [5.41, 5.74) is 0.653. The van der Waals surface area contributed by atoms with Gasteiger partial charge in [-0.3, -0.25) is 0 Å². The van der Waals surface area contributed by atoms with Gasteiger partial charge in [-0.25, -0.2) is 4.68 Å². The number of piperidine rings is 1. The Balaban J connectivity index is 1.75. The lowest BCUT2D eigenvalue weighted by Crippen LogP contribution is -2.31. The van der Waals surface area contributed by atoms with Crippen molar-refractivity contribution in [3.63, 3.8) is 0 Å². The van der Waals surface area contributed by atoms with Gasteiger partial charge in [0.15, 0.2) is 11.5 Å². The van der Waals surface area contributed by atoms with Crippen molar-refractivity contribution in [2.75, 3.05) is 13.1 Å². The fraction of sp³-hybridized carbons (Fsp3) is 0.667. The smallest absolute Gasteiger partial charge is 0.280 e.